The molecular formula is C23H23F5O3. The monoisotopic (exact) mass is 442 g/mol. The summed E-state index contributed by atoms with van der Waals surface area (Å²) in [7, 11) is 0. The minimum atomic E-state index is -1.60. The molecule has 0 amide bonds. The predicted octanol–water partition coefficient (Wildman–Crippen LogP) is 6.68. The van der Waals surface area contributed by atoms with Crippen LogP contribution in [0.1, 0.15) is 49.7 Å². The van der Waals surface area contributed by atoms with Crippen LogP contribution in [0.5, 0.6) is 5.75 Å². The first-order valence-electron chi connectivity index (χ1n) is 9.98. The molecule has 8 heteroatoms. The third kappa shape index (κ3) is 5.25. The minimum absolute atomic E-state index is 0.0984. The highest BCUT2D eigenvalue weighted by Gasteiger charge is 2.37. The van der Waals surface area contributed by atoms with Crippen LogP contribution in [-0.4, -0.2) is 25.5 Å². The van der Waals surface area contributed by atoms with Crippen molar-refractivity contribution in [3.63, 3.8) is 0 Å². The van der Waals surface area contributed by atoms with Gasteiger partial charge >= 0.3 is 0 Å². The fourth-order valence-electron chi connectivity index (χ4n) is 3.34. The van der Waals surface area contributed by atoms with E-state index in [0.29, 0.717) is 6.42 Å². The van der Waals surface area contributed by atoms with Crippen LogP contribution >= 0.6 is 0 Å². The van der Waals surface area contributed by atoms with E-state index < -0.39 is 46.4 Å². The van der Waals surface area contributed by atoms with Gasteiger partial charge in [0.05, 0.1) is 19.8 Å². The van der Waals surface area contributed by atoms with Crippen molar-refractivity contribution in [3.05, 3.63) is 64.7 Å². The fourth-order valence-corrected chi connectivity index (χ4v) is 3.34. The summed E-state index contributed by atoms with van der Waals surface area (Å²) in [6, 6.07) is 6.35. The van der Waals surface area contributed by atoms with Gasteiger partial charge < -0.3 is 14.2 Å². The standard InChI is InChI=1S/C23H23F5O3/c1-3-9-23(28)12-30-22(31-13-23)15-5-7-16(17(24)11-15)21(27)20(26)14-6-8-19(29-4-2)18(25)10-14/h5-8,10-11,22H,3-4,9,12-13H2,1-2H3. The molecule has 1 aliphatic heterocycles. The van der Waals surface area contributed by atoms with Gasteiger partial charge in [-0.3, -0.25) is 0 Å². The lowest BCUT2D eigenvalue weighted by Gasteiger charge is -2.34. The van der Waals surface area contributed by atoms with E-state index in [2.05, 4.69) is 0 Å². The van der Waals surface area contributed by atoms with Crippen LogP contribution in [0.3, 0.4) is 0 Å². The molecule has 3 rings (SSSR count). The summed E-state index contributed by atoms with van der Waals surface area (Å²) in [4.78, 5) is 0. The number of rotatable bonds is 7. The van der Waals surface area contributed by atoms with Crippen molar-refractivity contribution >= 4 is 11.7 Å². The van der Waals surface area contributed by atoms with Crippen LogP contribution in [0, 0.1) is 11.6 Å². The molecule has 1 fully saturated rings. The molecule has 2 aromatic carbocycles. The third-order valence-electron chi connectivity index (χ3n) is 4.86. The number of ether oxygens (including phenoxy) is 3. The lowest BCUT2D eigenvalue weighted by atomic mass is 10.0. The van der Waals surface area contributed by atoms with E-state index in [0.717, 1.165) is 24.3 Å². The Morgan fingerprint density at radius 1 is 1.00 bits per heavy atom. The second-order valence-corrected chi connectivity index (χ2v) is 7.30. The average Bonchev–Trinajstić information content (AvgIpc) is 2.75. The highest BCUT2D eigenvalue weighted by Crippen LogP contribution is 2.35. The summed E-state index contributed by atoms with van der Waals surface area (Å²) in [6.07, 6.45) is -0.123. The number of hydrogen-bond donors (Lipinski definition) is 0. The van der Waals surface area contributed by atoms with E-state index in [9.17, 15) is 22.0 Å². The van der Waals surface area contributed by atoms with Gasteiger partial charge in [0.25, 0.3) is 0 Å². The molecule has 168 valence electrons. The van der Waals surface area contributed by atoms with Gasteiger partial charge in [0.15, 0.2) is 35.2 Å². The second kappa shape index (κ2) is 9.78. The van der Waals surface area contributed by atoms with Gasteiger partial charge in [0.1, 0.15) is 5.82 Å². The summed E-state index contributed by atoms with van der Waals surface area (Å²) in [5.41, 5.74) is -2.43. The molecule has 1 saturated heterocycles. The van der Waals surface area contributed by atoms with Gasteiger partial charge in [-0.1, -0.05) is 19.4 Å². The van der Waals surface area contributed by atoms with Crippen LogP contribution < -0.4 is 4.74 Å². The maximum atomic E-state index is 14.6. The number of benzene rings is 2. The molecule has 2 aromatic rings. The molecule has 3 nitrogen and oxygen atoms in total. The van der Waals surface area contributed by atoms with Crippen molar-refractivity contribution in [2.24, 2.45) is 0 Å². The van der Waals surface area contributed by atoms with E-state index in [1.54, 1.807) is 6.92 Å². The average molecular weight is 442 g/mol. The van der Waals surface area contributed by atoms with Gasteiger partial charge in [-0.05, 0) is 43.7 Å². The summed E-state index contributed by atoms with van der Waals surface area (Å²) < 4.78 is 87.7. The third-order valence-corrected chi connectivity index (χ3v) is 4.86. The van der Waals surface area contributed by atoms with Crippen molar-refractivity contribution < 1.29 is 36.2 Å². The predicted molar refractivity (Wildman–Crippen MR) is 106 cm³/mol. The molecule has 0 unspecified atom stereocenters. The molecule has 0 spiro atoms. The Labute approximate surface area is 177 Å². The van der Waals surface area contributed by atoms with Crippen LogP contribution in [0.2, 0.25) is 0 Å². The first-order chi connectivity index (χ1) is 14.8. The number of alkyl halides is 1. The van der Waals surface area contributed by atoms with Crippen LogP contribution in [0.15, 0.2) is 36.4 Å². The maximum Gasteiger partial charge on any atom is 0.184 e. The Balaban J connectivity index is 1.80. The van der Waals surface area contributed by atoms with E-state index >= 15 is 0 Å². The van der Waals surface area contributed by atoms with E-state index in [-0.39, 0.29) is 37.6 Å². The topological polar surface area (TPSA) is 27.7 Å². The Morgan fingerprint density at radius 3 is 2.29 bits per heavy atom. The quantitative estimate of drug-likeness (QED) is 0.354. The zero-order chi connectivity index (χ0) is 22.6. The van der Waals surface area contributed by atoms with Crippen molar-refractivity contribution in [3.8, 4) is 5.75 Å². The number of halogens is 5. The normalized spacial score (nSPS) is 22.2. The van der Waals surface area contributed by atoms with Crippen molar-refractivity contribution in [1.82, 2.24) is 0 Å². The molecule has 1 aliphatic rings. The van der Waals surface area contributed by atoms with E-state index in [1.807, 2.05) is 6.92 Å². The van der Waals surface area contributed by atoms with Crippen molar-refractivity contribution in [2.75, 3.05) is 19.8 Å². The molecule has 0 aromatic heterocycles. The first kappa shape index (κ1) is 23.2. The summed E-state index contributed by atoms with van der Waals surface area (Å²) in [5.74, 6) is -4.92. The molecule has 1 heterocycles. The van der Waals surface area contributed by atoms with Gasteiger partial charge in [0.2, 0.25) is 0 Å². The van der Waals surface area contributed by atoms with Crippen LogP contribution in [-0.2, 0) is 9.47 Å². The van der Waals surface area contributed by atoms with Gasteiger partial charge in [-0.25, -0.2) is 22.0 Å². The first-order valence-corrected chi connectivity index (χ1v) is 9.98. The molecule has 0 radical (unpaired) electrons. The minimum Gasteiger partial charge on any atom is -0.491 e. The molecule has 0 saturated carbocycles. The van der Waals surface area contributed by atoms with E-state index in [1.165, 1.54) is 12.1 Å². The van der Waals surface area contributed by atoms with E-state index in [4.69, 9.17) is 14.2 Å². The van der Waals surface area contributed by atoms with Gasteiger partial charge in [0, 0.05) is 16.7 Å². The lowest BCUT2D eigenvalue weighted by molar-refractivity contribution is -0.239. The Morgan fingerprint density at radius 2 is 1.71 bits per heavy atom. The fraction of sp³-hybridized carbons (Fsp3) is 0.391. The largest absolute Gasteiger partial charge is 0.491 e. The number of hydrogen-bond acceptors (Lipinski definition) is 3. The summed E-state index contributed by atoms with van der Waals surface area (Å²) in [5, 5.41) is 0. The maximum absolute atomic E-state index is 14.6. The Bertz CT molecular complexity index is 952. The lowest BCUT2D eigenvalue weighted by Crippen LogP contribution is -2.41. The summed E-state index contributed by atoms with van der Waals surface area (Å²) in [6.45, 7) is 3.29. The smallest absolute Gasteiger partial charge is 0.184 e. The summed E-state index contributed by atoms with van der Waals surface area (Å²) >= 11 is 0. The zero-order valence-corrected chi connectivity index (χ0v) is 17.2. The highest BCUT2D eigenvalue weighted by atomic mass is 19.2. The molecule has 0 bridgehead atoms. The molecular weight excluding hydrogens is 419 g/mol. The Kier molecular flexibility index (Phi) is 7.33. The molecule has 0 aliphatic carbocycles. The van der Waals surface area contributed by atoms with Crippen molar-refractivity contribution in [2.45, 2.75) is 38.6 Å². The molecule has 0 N–H and O–H groups in total. The molecule has 0 atom stereocenters. The zero-order valence-electron chi connectivity index (χ0n) is 17.2. The molecule has 31 heavy (non-hydrogen) atoms. The van der Waals surface area contributed by atoms with Gasteiger partial charge in [-0.15, -0.1) is 0 Å². The second-order valence-electron chi connectivity index (χ2n) is 7.30. The van der Waals surface area contributed by atoms with Crippen LogP contribution in [0.25, 0.3) is 11.7 Å². The van der Waals surface area contributed by atoms with Crippen molar-refractivity contribution in [1.29, 1.82) is 0 Å². The highest BCUT2D eigenvalue weighted by molar-refractivity contribution is 5.83. The SMILES string of the molecule is CCCC1(F)COC(c2ccc(C(F)=C(F)c3ccc(OCC)c(F)c3)c(F)c2)OC1. The van der Waals surface area contributed by atoms with Gasteiger partial charge in [-0.2, -0.15) is 0 Å². The van der Waals surface area contributed by atoms with Crippen LogP contribution in [0.4, 0.5) is 22.0 Å². The Hall–Kier alpha value is -2.45.